The molecule has 0 aliphatic heterocycles. The number of benzene rings is 2. The van der Waals surface area contributed by atoms with Crippen LogP contribution < -0.4 is 10.6 Å². The lowest BCUT2D eigenvalue weighted by Crippen LogP contribution is -2.41. The average Bonchev–Trinajstić information content (AvgIpc) is 2.55. The van der Waals surface area contributed by atoms with E-state index < -0.39 is 12.0 Å². The minimum atomic E-state index is -0.999. The Morgan fingerprint density at radius 2 is 1.74 bits per heavy atom. The zero-order valence-corrected chi connectivity index (χ0v) is 13.2. The number of para-hydroxylation sites is 1. The first-order chi connectivity index (χ1) is 11.1. The van der Waals surface area contributed by atoms with Crippen LogP contribution in [0.15, 0.2) is 54.6 Å². The lowest BCUT2D eigenvalue weighted by atomic mass is 10.1. The molecule has 0 aliphatic rings. The van der Waals surface area contributed by atoms with E-state index >= 15 is 0 Å². The van der Waals surface area contributed by atoms with Gasteiger partial charge in [0.2, 0.25) is 0 Å². The van der Waals surface area contributed by atoms with Crippen LogP contribution in [-0.4, -0.2) is 27.8 Å². The molecule has 0 bridgehead atoms. The van der Waals surface area contributed by atoms with Gasteiger partial charge >= 0.3 is 5.97 Å². The van der Waals surface area contributed by atoms with Crippen molar-refractivity contribution in [3.63, 3.8) is 0 Å². The number of nitrogens with one attached hydrogen (secondary N) is 2. The van der Waals surface area contributed by atoms with Crippen molar-refractivity contribution >= 4 is 23.3 Å². The topological polar surface area (TPSA) is 81.6 Å². The number of carboxylic acids is 1. The minimum Gasteiger partial charge on any atom is -0.508 e. The summed E-state index contributed by atoms with van der Waals surface area (Å²) in [4.78, 5) is 11.4. The molecule has 0 aromatic heterocycles. The predicted octanol–water partition coefficient (Wildman–Crippen LogP) is 2.22. The smallest absolute Gasteiger partial charge is 0.330 e. The second-order valence-electron chi connectivity index (χ2n) is 4.96. The largest absolute Gasteiger partial charge is 0.508 e. The molecule has 1 atom stereocenters. The number of aromatic hydroxyl groups is 1. The summed E-state index contributed by atoms with van der Waals surface area (Å²) in [5.74, 6) is -0.762. The van der Waals surface area contributed by atoms with Crippen molar-refractivity contribution in [3.8, 4) is 5.75 Å². The van der Waals surface area contributed by atoms with Gasteiger partial charge in [-0.25, -0.2) is 4.79 Å². The van der Waals surface area contributed by atoms with E-state index in [1.54, 1.807) is 36.4 Å². The number of hydrogen-bond acceptors (Lipinski definition) is 3. The van der Waals surface area contributed by atoms with Gasteiger partial charge < -0.3 is 20.8 Å². The Balaban J connectivity index is 1.88. The van der Waals surface area contributed by atoms with E-state index in [0.29, 0.717) is 18.5 Å². The van der Waals surface area contributed by atoms with E-state index in [1.165, 1.54) is 0 Å². The van der Waals surface area contributed by atoms with Crippen molar-refractivity contribution in [3.05, 3.63) is 65.7 Å². The number of hydrogen-bond donors (Lipinski definition) is 4. The summed E-state index contributed by atoms with van der Waals surface area (Å²) in [7, 11) is 0. The summed E-state index contributed by atoms with van der Waals surface area (Å²) in [6.45, 7) is 0.491. The molecule has 0 unspecified atom stereocenters. The van der Waals surface area contributed by atoms with Gasteiger partial charge in [0.05, 0.1) is 0 Å². The Hall–Kier alpha value is -2.60. The molecule has 0 spiro atoms. The van der Waals surface area contributed by atoms with Gasteiger partial charge in [-0.15, -0.1) is 0 Å². The molecule has 2 aromatic rings. The highest BCUT2D eigenvalue weighted by Crippen LogP contribution is 2.15. The minimum absolute atomic E-state index is 0.237. The number of rotatable bonds is 6. The van der Waals surface area contributed by atoms with E-state index in [2.05, 4.69) is 10.6 Å². The maximum absolute atomic E-state index is 11.4. The number of thiocarbonyl (C=S) groups is 1. The fourth-order valence-electron chi connectivity index (χ4n) is 2.15. The molecule has 0 radical (unpaired) electrons. The molecule has 0 heterocycles. The molecule has 0 fully saturated rings. The van der Waals surface area contributed by atoms with E-state index in [-0.39, 0.29) is 10.9 Å². The summed E-state index contributed by atoms with van der Waals surface area (Å²) in [6, 6.07) is 15.0. The molecule has 5 nitrogen and oxygen atoms in total. The monoisotopic (exact) mass is 330 g/mol. The third-order valence-corrected chi connectivity index (χ3v) is 3.59. The summed E-state index contributed by atoms with van der Waals surface area (Å²) in [5, 5.41) is 25.0. The number of phenolic OH excluding ortho intramolecular Hbond substituents is 1. The van der Waals surface area contributed by atoms with Crippen molar-refractivity contribution in [1.29, 1.82) is 0 Å². The van der Waals surface area contributed by atoms with E-state index in [0.717, 1.165) is 5.56 Å². The SMILES string of the molecule is O=C(O)[C@@H](NC(=S)NCCc1ccccc1O)c1ccccc1. The molecule has 23 heavy (non-hydrogen) atoms. The standard InChI is InChI=1S/C17H18N2O3S/c20-14-9-5-4-6-12(14)10-11-18-17(23)19-15(16(21)22)13-7-2-1-3-8-13/h1-9,15,20H,10-11H2,(H,21,22)(H2,18,19,23)/t15-/m0/s1. The predicted molar refractivity (Wildman–Crippen MR) is 92.4 cm³/mol. The molecule has 4 N–H and O–H groups in total. The van der Waals surface area contributed by atoms with Gasteiger partial charge in [-0.2, -0.15) is 0 Å². The van der Waals surface area contributed by atoms with Crippen LogP contribution in [0.5, 0.6) is 5.75 Å². The first-order valence-corrected chi connectivity index (χ1v) is 7.57. The molecular weight excluding hydrogens is 312 g/mol. The third kappa shape index (κ3) is 4.96. The number of phenols is 1. The number of carboxylic acid groups (broad SMARTS) is 1. The van der Waals surface area contributed by atoms with Crippen LogP contribution in [0.1, 0.15) is 17.2 Å². The van der Waals surface area contributed by atoms with Gasteiger partial charge in [0.25, 0.3) is 0 Å². The molecule has 2 aromatic carbocycles. The Morgan fingerprint density at radius 1 is 1.09 bits per heavy atom. The Labute approximate surface area is 140 Å². The van der Waals surface area contributed by atoms with Gasteiger partial charge in [0.1, 0.15) is 5.75 Å². The highest BCUT2D eigenvalue weighted by atomic mass is 32.1. The van der Waals surface area contributed by atoms with Gasteiger partial charge in [-0.05, 0) is 35.8 Å². The van der Waals surface area contributed by atoms with E-state index in [4.69, 9.17) is 12.2 Å². The Kier molecular flexibility index (Phi) is 5.94. The molecule has 0 saturated carbocycles. The van der Waals surface area contributed by atoms with Crippen molar-refractivity contribution in [2.75, 3.05) is 6.54 Å². The molecule has 6 heteroatoms. The van der Waals surface area contributed by atoms with Crippen LogP contribution in [0.3, 0.4) is 0 Å². The number of aliphatic carboxylic acids is 1. The zero-order chi connectivity index (χ0) is 16.7. The molecule has 0 amide bonds. The highest BCUT2D eigenvalue weighted by Gasteiger charge is 2.20. The Bertz CT molecular complexity index is 677. The lowest BCUT2D eigenvalue weighted by molar-refractivity contribution is -0.139. The van der Waals surface area contributed by atoms with Crippen molar-refractivity contribution < 1.29 is 15.0 Å². The second-order valence-corrected chi connectivity index (χ2v) is 5.37. The third-order valence-electron chi connectivity index (χ3n) is 3.33. The lowest BCUT2D eigenvalue weighted by Gasteiger charge is -2.17. The Morgan fingerprint density at radius 3 is 2.39 bits per heavy atom. The van der Waals surface area contributed by atoms with Gasteiger partial charge in [0, 0.05) is 6.54 Å². The molecule has 120 valence electrons. The summed E-state index contributed by atoms with van der Waals surface area (Å²) in [6.07, 6.45) is 0.581. The van der Waals surface area contributed by atoms with Crippen molar-refractivity contribution in [1.82, 2.24) is 10.6 Å². The maximum atomic E-state index is 11.4. The molecule has 0 aliphatic carbocycles. The zero-order valence-electron chi connectivity index (χ0n) is 12.4. The van der Waals surface area contributed by atoms with Gasteiger partial charge in [0.15, 0.2) is 11.2 Å². The normalized spacial score (nSPS) is 11.5. The molecular formula is C17H18N2O3S. The summed E-state index contributed by atoms with van der Waals surface area (Å²) >= 11 is 5.15. The van der Waals surface area contributed by atoms with Crippen LogP contribution in [0.25, 0.3) is 0 Å². The van der Waals surface area contributed by atoms with Crippen molar-refractivity contribution in [2.24, 2.45) is 0 Å². The second kappa shape index (κ2) is 8.14. The van der Waals surface area contributed by atoms with Crippen molar-refractivity contribution in [2.45, 2.75) is 12.5 Å². The first kappa shape index (κ1) is 16.8. The van der Waals surface area contributed by atoms with Crippen LogP contribution in [0.2, 0.25) is 0 Å². The van der Waals surface area contributed by atoms with E-state index in [1.807, 2.05) is 18.2 Å². The molecule has 2 rings (SSSR count). The summed E-state index contributed by atoms with van der Waals surface area (Å²) < 4.78 is 0. The quantitative estimate of drug-likeness (QED) is 0.608. The maximum Gasteiger partial charge on any atom is 0.330 e. The summed E-state index contributed by atoms with van der Waals surface area (Å²) in [5.41, 5.74) is 1.44. The van der Waals surface area contributed by atoms with Gasteiger partial charge in [-0.1, -0.05) is 48.5 Å². The van der Waals surface area contributed by atoms with Crippen LogP contribution in [-0.2, 0) is 11.2 Å². The highest BCUT2D eigenvalue weighted by molar-refractivity contribution is 7.80. The van der Waals surface area contributed by atoms with Crippen LogP contribution >= 0.6 is 12.2 Å². The first-order valence-electron chi connectivity index (χ1n) is 7.17. The molecule has 0 saturated heterocycles. The van der Waals surface area contributed by atoms with Crippen LogP contribution in [0, 0.1) is 0 Å². The van der Waals surface area contributed by atoms with Crippen LogP contribution in [0.4, 0.5) is 0 Å². The van der Waals surface area contributed by atoms with Gasteiger partial charge in [-0.3, -0.25) is 0 Å². The fourth-order valence-corrected chi connectivity index (χ4v) is 2.37. The fraction of sp³-hybridized carbons (Fsp3) is 0.176. The van der Waals surface area contributed by atoms with E-state index in [9.17, 15) is 15.0 Å². The average molecular weight is 330 g/mol. The number of carbonyl (C=O) groups is 1.